The van der Waals surface area contributed by atoms with E-state index >= 15 is 0 Å². The number of likely N-dealkylation sites (tertiary alicyclic amines) is 1. The predicted molar refractivity (Wildman–Crippen MR) is 135 cm³/mol. The first-order chi connectivity index (χ1) is 17.3. The third-order valence-electron chi connectivity index (χ3n) is 7.22. The average molecular weight is 488 g/mol. The number of hydrogen-bond donors (Lipinski definition) is 1. The van der Waals surface area contributed by atoms with Gasteiger partial charge in [-0.1, -0.05) is 18.2 Å². The minimum absolute atomic E-state index is 0.124. The molecule has 2 aromatic carbocycles. The van der Waals surface area contributed by atoms with Crippen LogP contribution in [0.2, 0.25) is 0 Å². The first kappa shape index (κ1) is 24.1. The fraction of sp³-hybridized carbons (Fsp3) is 0.345. The van der Waals surface area contributed by atoms with E-state index in [2.05, 4.69) is 29.0 Å². The number of Topliss-reactive ketones (excluding diaryl/α,β-unsaturated/α-hetero) is 1. The van der Waals surface area contributed by atoms with Crippen LogP contribution in [0.15, 0.2) is 60.9 Å². The van der Waals surface area contributed by atoms with Gasteiger partial charge in [0.2, 0.25) is 0 Å². The number of carbonyl (C=O) groups excluding carboxylic acids is 2. The lowest BCUT2D eigenvalue weighted by atomic mass is 9.81. The van der Waals surface area contributed by atoms with Gasteiger partial charge in [0.05, 0.1) is 18.2 Å². The van der Waals surface area contributed by atoms with Crippen LogP contribution in [0.5, 0.6) is 5.75 Å². The highest BCUT2D eigenvalue weighted by atomic mass is 19.1. The van der Waals surface area contributed by atoms with Gasteiger partial charge < -0.3 is 15.0 Å². The second-order valence-electron chi connectivity index (χ2n) is 10.00. The molecule has 5 rings (SSSR count). The average Bonchev–Trinajstić information content (AvgIpc) is 2.87. The molecule has 1 fully saturated rings. The van der Waals surface area contributed by atoms with Crippen molar-refractivity contribution in [2.24, 2.45) is 0 Å². The molecule has 1 aromatic heterocycles. The van der Waals surface area contributed by atoms with Crippen LogP contribution in [0.1, 0.15) is 59.4 Å². The van der Waals surface area contributed by atoms with Gasteiger partial charge in [-0.2, -0.15) is 0 Å². The summed E-state index contributed by atoms with van der Waals surface area (Å²) < 4.78 is 19.7. The number of nitrogens with one attached hydrogen (secondary N) is 1. The van der Waals surface area contributed by atoms with Gasteiger partial charge in [-0.05, 0) is 60.9 Å². The van der Waals surface area contributed by atoms with Crippen molar-refractivity contribution < 1.29 is 18.7 Å². The van der Waals surface area contributed by atoms with Gasteiger partial charge in [0.1, 0.15) is 17.2 Å². The number of hydrogen-bond acceptors (Lipinski definition) is 5. The quantitative estimate of drug-likeness (QED) is 0.547. The van der Waals surface area contributed by atoms with Crippen molar-refractivity contribution in [1.82, 2.24) is 15.2 Å². The highest BCUT2D eigenvalue weighted by Crippen LogP contribution is 2.41. The van der Waals surface area contributed by atoms with E-state index < -0.39 is 11.4 Å². The Morgan fingerprint density at radius 1 is 1.08 bits per heavy atom. The van der Waals surface area contributed by atoms with E-state index in [1.807, 2.05) is 30.3 Å². The summed E-state index contributed by atoms with van der Waals surface area (Å²) in [6.45, 7) is 6.47. The fourth-order valence-corrected chi connectivity index (χ4v) is 5.05. The maximum Gasteiger partial charge on any atom is 0.251 e. The van der Waals surface area contributed by atoms with Crippen LogP contribution < -0.4 is 10.1 Å². The summed E-state index contributed by atoms with van der Waals surface area (Å²) in [6, 6.07) is 14.8. The molecule has 0 aliphatic carbocycles. The number of piperidine rings is 1. The molecule has 6 nitrogen and oxygen atoms in total. The molecule has 3 aromatic rings. The van der Waals surface area contributed by atoms with Gasteiger partial charge in [0.25, 0.3) is 5.91 Å². The molecule has 0 radical (unpaired) electrons. The molecule has 0 atom stereocenters. The lowest BCUT2D eigenvalue weighted by molar-refractivity contribution is -0.0153. The number of carbonyl (C=O) groups is 2. The lowest BCUT2D eigenvalue weighted by Gasteiger charge is -2.45. The molecule has 0 unspecified atom stereocenters. The lowest BCUT2D eigenvalue weighted by Crippen LogP contribution is -2.52. The number of fused-ring (bicyclic) bond motifs is 1. The third-order valence-corrected chi connectivity index (χ3v) is 7.22. The molecule has 186 valence electrons. The van der Waals surface area contributed by atoms with Crippen LogP contribution in [0.4, 0.5) is 4.39 Å². The summed E-state index contributed by atoms with van der Waals surface area (Å²) in [6.07, 6.45) is 4.77. The SMILES string of the molecule is CC(C)N1CCC2(CC1)CC(=O)c1cc(-c3ccc(C(=O)NCc4cncc(F)c4)cc3)ccc1O2. The topological polar surface area (TPSA) is 71.5 Å². The monoisotopic (exact) mass is 487 g/mol. The van der Waals surface area contributed by atoms with E-state index in [0.29, 0.717) is 34.9 Å². The Morgan fingerprint density at radius 2 is 1.81 bits per heavy atom. The number of rotatable bonds is 5. The van der Waals surface area contributed by atoms with Crippen LogP contribution in [0.25, 0.3) is 11.1 Å². The summed E-state index contributed by atoms with van der Waals surface area (Å²) >= 11 is 0. The van der Waals surface area contributed by atoms with Crippen LogP contribution in [-0.4, -0.2) is 46.3 Å². The molecule has 0 saturated carbocycles. The molecule has 1 saturated heterocycles. The molecule has 7 heteroatoms. The summed E-state index contributed by atoms with van der Waals surface area (Å²) in [7, 11) is 0. The molecule has 36 heavy (non-hydrogen) atoms. The van der Waals surface area contributed by atoms with Crippen molar-refractivity contribution in [2.75, 3.05) is 13.1 Å². The summed E-state index contributed by atoms with van der Waals surface area (Å²) in [5, 5.41) is 2.78. The number of aromatic nitrogens is 1. The van der Waals surface area contributed by atoms with Gasteiger partial charge >= 0.3 is 0 Å². The molecule has 2 aliphatic heterocycles. The zero-order chi connectivity index (χ0) is 25.3. The number of ketones is 1. The molecular formula is C29H30FN3O3. The number of pyridine rings is 1. The molecule has 1 N–H and O–H groups in total. The summed E-state index contributed by atoms with van der Waals surface area (Å²) in [5.74, 6) is 0.0927. The van der Waals surface area contributed by atoms with Gasteiger partial charge in [0.15, 0.2) is 5.78 Å². The normalized spacial score (nSPS) is 17.1. The highest BCUT2D eigenvalue weighted by molar-refractivity contribution is 6.01. The van der Waals surface area contributed by atoms with Crippen LogP contribution in [-0.2, 0) is 6.54 Å². The molecule has 2 aliphatic rings. The first-order valence-corrected chi connectivity index (χ1v) is 12.4. The van der Waals surface area contributed by atoms with Crippen molar-refractivity contribution >= 4 is 11.7 Å². The van der Waals surface area contributed by atoms with Crippen LogP contribution >= 0.6 is 0 Å². The standard InChI is InChI=1S/C29H30FN3O3/c1-19(2)33-11-9-29(10-12-33)15-26(34)25-14-23(7-8-27(25)36-29)21-3-5-22(6-4-21)28(35)32-17-20-13-24(30)18-31-16-20/h3-8,13-14,16,18-19H,9-12,15,17H2,1-2H3,(H,32,35). The highest BCUT2D eigenvalue weighted by Gasteiger charge is 2.43. The number of ether oxygens (including phenoxy) is 1. The third kappa shape index (κ3) is 5.02. The van der Waals surface area contributed by atoms with Gasteiger partial charge in [-0.3, -0.25) is 14.6 Å². The minimum atomic E-state index is -0.438. The van der Waals surface area contributed by atoms with E-state index in [0.717, 1.165) is 43.3 Å². The van der Waals surface area contributed by atoms with Crippen molar-refractivity contribution in [3.63, 3.8) is 0 Å². The Bertz CT molecular complexity index is 1280. The predicted octanol–water partition coefficient (Wildman–Crippen LogP) is 5.03. The first-order valence-electron chi connectivity index (χ1n) is 12.4. The van der Waals surface area contributed by atoms with Crippen LogP contribution in [0.3, 0.4) is 0 Å². The van der Waals surface area contributed by atoms with Gasteiger partial charge in [-0.15, -0.1) is 0 Å². The Labute approximate surface area is 210 Å². The molecule has 1 amide bonds. The van der Waals surface area contributed by atoms with E-state index in [1.54, 1.807) is 12.1 Å². The second kappa shape index (κ2) is 9.82. The molecule has 1 spiro atoms. The molecule has 3 heterocycles. The van der Waals surface area contributed by atoms with Crippen molar-refractivity contribution in [2.45, 2.75) is 51.3 Å². The zero-order valence-electron chi connectivity index (χ0n) is 20.6. The van der Waals surface area contributed by atoms with Gasteiger partial charge in [-0.25, -0.2) is 4.39 Å². The van der Waals surface area contributed by atoms with E-state index in [1.165, 1.54) is 12.3 Å². The van der Waals surface area contributed by atoms with E-state index in [-0.39, 0.29) is 18.2 Å². The minimum Gasteiger partial charge on any atom is -0.486 e. The Morgan fingerprint density at radius 3 is 2.50 bits per heavy atom. The van der Waals surface area contributed by atoms with E-state index in [9.17, 15) is 14.0 Å². The maximum absolute atomic E-state index is 13.3. The largest absolute Gasteiger partial charge is 0.486 e. The summed E-state index contributed by atoms with van der Waals surface area (Å²) in [5.41, 5.74) is 3.11. The fourth-order valence-electron chi connectivity index (χ4n) is 5.05. The number of benzene rings is 2. The Kier molecular flexibility index (Phi) is 6.58. The van der Waals surface area contributed by atoms with Crippen LogP contribution in [0, 0.1) is 5.82 Å². The van der Waals surface area contributed by atoms with Crippen molar-refractivity contribution in [3.8, 4) is 16.9 Å². The number of amides is 1. The summed E-state index contributed by atoms with van der Waals surface area (Å²) in [4.78, 5) is 31.9. The van der Waals surface area contributed by atoms with Gasteiger partial charge in [0, 0.05) is 50.3 Å². The molecular weight excluding hydrogens is 457 g/mol. The number of nitrogens with zero attached hydrogens (tertiary/aromatic N) is 2. The zero-order valence-corrected chi connectivity index (χ0v) is 20.6. The number of halogens is 1. The Balaban J connectivity index is 1.26. The van der Waals surface area contributed by atoms with E-state index in [4.69, 9.17) is 4.74 Å². The second-order valence-corrected chi connectivity index (χ2v) is 10.00. The van der Waals surface area contributed by atoms with Crippen molar-refractivity contribution in [1.29, 1.82) is 0 Å². The Hall–Kier alpha value is -3.58. The molecule has 0 bridgehead atoms. The van der Waals surface area contributed by atoms with Crippen molar-refractivity contribution in [3.05, 3.63) is 83.4 Å². The smallest absolute Gasteiger partial charge is 0.251 e. The maximum atomic E-state index is 13.3.